The molecule has 0 unspecified atom stereocenters. The molecule has 0 saturated heterocycles. The Bertz CT molecular complexity index is 446. The summed E-state index contributed by atoms with van der Waals surface area (Å²) >= 11 is 5.73. The number of aromatic nitrogens is 1. The maximum absolute atomic E-state index is 11.2. The Hall–Kier alpha value is -0.850. The van der Waals surface area contributed by atoms with Crippen molar-refractivity contribution in [3.63, 3.8) is 0 Å². The molecule has 0 aliphatic heterocycles. The molecule has 0 bridgehead atoms. The highest BCUT2D eigenvalue weighted by Gasteiger charge is 2.14. The zero-order chi connectivity index (χ0) is 11.5. The summed E-state index contributed by atoms with van der Waals surface area (Å²) in [6, 6.07) is 1.51. The minimum atomic E-state index is -3.60. The van der Waals surface area contributed by atoms with Gasteiger partial charge in [-0.15, -0.1) is 0 Å². The van der Waals surface area contributed by atoms with Gasteiger partial charge in [0.25, 0.3) is 10.1 Å². The van der Waals surface area contributed by atoms with Crippen LogP contribution in [0.15, 0.2) is 12.3 Å². The third kappa shape index (κ3) is 3.33. The number of rotatable bonds is 4. The van der Waals surface area contributed by atoms with E-state index in [0.29, 0.717) is 11.3 Å². The van der Waals surface area contributed by atoms with Crippen LogP contribution in [0.3, 0.4) is 0 Å². The van der Waals surface area contributed by atoms with Crippen LogP contribution < -0.4 is 4.74 Å². The molecule has 0 aromatic carbocycles. The van der Waals surface area contributed by atoms with Crippen LogP contribution in [0.25, 0.3) is 0 Å². The molecule has 0 aliphatic rings. The predicted octanol–water partition coefficient (Wildman–Crippen LogP) is 1.22. The van der Waals surface area contributed by atoms with Gasteiger partial charge in [-0.05, 0) is 6.07 Å². The molecule has 1 heterocycles. The lowest BCUT2D eigenvalue weighted by molar-refractivity contribution is 0.396. The summed E-state index contributed by atoms with van der Waals surface area (Å²) in [6.07, 6.45) is 1.41. The second kappa shape index (κ2) is 4.78. The van der Waals surface area contributed by atoms with Crippen molar-refractivity contribution in [1.29, 1.82) is 0 Å². The van der Waals surface area contributed by atoms with Crippen molar-refractivity contribution >= 4 is 21.7 Å². The van der Waals surface area contributed by atoms with E-state index < -0.39 is 10.1 Å². The fourth-order valence-electron chi connectivity index (χ4n) is 0.934. The summed E-state index contributed by atoms with van der Waals surface area (Å²) < 4.78 is 31.6. The van der Waals surface area contributed by atoms with Crippen LogP contribution in [-0.4, -0.2) is 27.6 Å². The van der Waals surface area contributed by atoms with Gasteiger partial charge in [0.05, 0.1) is 20.4 Å². The Balaban J connectivity index is 3.04. The summed E-state index contributed by atoms with van der Waals surface area (Å²) in [4.78, 5) is 3.79. The Morgan fingerprint density at radius 2 is 2.13 bits per heavy atom. The summed E-state index contributed by atoms with van der Waals surface area (Å²) in [7, 11) is -1.05. The number of halogens is 1. The van der Waals surface area contributed by atoms with Crippen molar-refractivity contribution in [2.75, 3.05) is 14.2 Å². The number of methoxy groups -OCH3 is 1. The van der Waals surface area contributed by atoms with Crippen molar-refractivity contribution in [2.24, 2.45) is 0 Å². The largest absolute Gasteiger partial charge is 0.495 e. The molecule has 1 rings (SSSR count). The molecule has 7 heteroatoms. The second-order valence-corrected chi connectivity index (χ2v) is 4.79. The lowest BCUT2D eigenvalue weighted by atomic mass is 10.3. The number of ether oxygens (including phenoxy) is 1. The number of hydrogen-bond acceptors (Lipinski definition) is 5. The quantitative estimate of drug-likeness (QED) is 0.595. The highest BCUT2D eigenvalue weighted by Crippen LogP contribution is 2.21. The smallest absolute Gasteiger partial charge is 0.271 e. The minimum absolute atomic E-state index is 0.122. The topological polar surface area (TPSA) is 65.5 Å². The van der Waals surface area contributed by atoms with E-state index in [1.807, 2.05) is 0 Å². The van der Waals surface area contributed by atoms with Gasteiger partial charge in [0.15, 0.2) is 0 Å². The Labute approximate surface area is 93.1 Å². The maximum atomic E-state index is 11.2. The van der Waals surface area contributed by atoms with Gasteiger partial charge in [0.2, 0.25) is 0 Å². The van der Waals surface area contributed by atoms with Crippen molar-refractivity contribution in [2.45, 2.75) is 5.75 Å². The van der Waals surface area contributed by atoms with E-state index in [9.17, 15) is 8.42 Å². The van der Waals surface area contributed by atoms with Gasteiger partial charge >= 0.3 is 0 Å². The van der Waals surface area contributed by atoms with E-state index in [4.69, 9.17) is 16.3 Å². The fraction of sp³-hybridized carbons (Fsp3) is 0.375. The molecule has 0 radical (unpaired) electrons. The molecular weight excluding hydrogens is 242 g/mol. The molecule has 5 nitrogen and oxygen atoms in total. The molecule has 1 aromatic rings. The summed E-state index contributed by atoms with van der Waals surface area (Å²) in [6.45, 7) is 0. The molecule has 15 heavy (non-hydrogen) atoms. The van der Waals surface area contributed by atoms with Crippen LogP contribution in [0.4, 0.5) is 0 Å². The SMILES string of the molecule is COc1cnc(Cl)c(CS(=O)(=O)OC)c1. The summed E-state index contributed by atoms with van der Waals surface area (Å²) in [5.41, 5.74) is 0.345. The first-order chi connectivity index (χ1) is 6.98. The second-order valence-electron chi connectivity index (χ2n) is 2.69. The van der Waals surface area contributed by atoms with E-state index in [2.05, 4.69) is 9.17 Å². The van der Waals surface area contributed by atoms with Gasteiger partial charge < -0.3 is 4.74 Å². The molecule has 1 aromatic heterocycles. The highest BCUT2D eigenvalue weighted by atomic mass is 35.5. The van der Waals surface area contributed by atoms with Crippen molar-refractivity contribution in [3.05, 3.63) is 23.0 Å². The molecule has 0 amide bonds. The van der Waals surface area contributed by atoms with Crippen LogP contribution in [-0.2, 0) is 20.1 Å². The van der Waals surface area contributed by atoms with E-state index >= 15 is 0 Å². The molecule has 0 saturated carbocycles. The normalized spacial score (nSPS) is 11.4. The Morgan fingerprint density at radius 3 is 2.67 bits per heavy atom. The lowest BCUT2D eigenvalue weighted by Crippen LogP contribution is -2.06. The summed E-state index contributed by atoms with van der Waals surface area (Å²) in [5, 5.41) is 0.122. The molecular formula is C8H10ClNO4S. The van der Waals surface area contributed by atoms with E-state index in [0.717, 1.165) is 7.11 Å². The van der Waals surface area contributed by atoms with E-state index in [1.54, 1.807) is 0 Å². The lowest BCUT2D eigenvalue weighted by Gasteiger charge is -2.05. The predicted molar refractivity (Wildman–Crippen MR) is 55.4 cm³/mol. The van der Waals surface area contributed by atoms with Crippen LogP contribution in [0.5, 0.6) is 5.75 Å². The van der Waals surface area contributed by atoms with Crippen LogP contribution in [0.2, 0.25) is 5.15 Å². The number of pyridine rings is 1. The molecule has 0 N–H and O–H groups in total. The van der Waals surface area contributed by atoms with Gasteiger partial charge in [0, 0.05) is 5.56 Å². The minimum Gasteiger partial charge on any atom is -0.495 e. The van der Waals surface area contributed by atoms with E-state index in [-0.39, 0.29) is 10.9 Å². The standard InChI is InChI=1S/C8H10ClNO4S/c1-13-7-3-6(8(9)10-4-7)5-15(11,12)14-2/h3-4H,5H2,1-2H3. The zero-order valence-corrected chi connectivity index (χ0v) is 9.80. The third-order valence-corrected chi connectivity index (χ3v) is 3.22. The average molecular weight is 252 g/mol. The van der Waals surface area contributed by atoms with E-state index in [1.165, 1.54) is 19.4 Å². The summed E-state index contributed by atoms with van der Waals surface area (Å²) in [5.74, 6) is 0.118. The first-order valence-corrected chi connectivity index (χ1v) is 5.90. The van der Waals surface area contributed by atoms with Gasteiger partial charge in [-0.1, -0.05) is 11.6 Å². The third-order valence-electron chi connectivity index (χ3n) is 1.71. The maximum Gasteiger partial charge on any atom is 0.271 e. The Kier molecular flexibility index (Phi) is 3.90. The van der Waals surface area contributed by atoms with Gasteiger partial charge in [0.1, 0.15) is 16.7 Å². The van der Waals surface area contributed by atoms with Crippen LogP contribution in [0, 0.1) is 0 Å². The van der Waals surface area contributed by atoms with Gasteiger partial charge in [-0.25, -0.2) is 4.98 Å². The monoisotopic (exact) mass is 251 g/mol. The van der Waals surface area contributed by atoms with Crippen molar-refractivity contribution < 1.29 is 17.3 Å². The first kappa shape index (κ1) is 12.2. The first-order valence-electron chi connectivity index (χ1n) is 3.95. The van der Waals surface area contributed by atoms with Crippen molar-refractivity contribution in [3.8, 4) is 5.75 Å². The molecule has 0 atom stereocenters. The average Bonchev–Trinajstić information content (AvgIpc) is 2.21. The molecule has 84 valence electrons. The van der Waals surface area contributed by atoms with Crippen LogP contribution in [0.1, 0.15) is 5.56 Å². The van der Waals surface area contributed by atoms with Gasteiger partial charge in [-0.2, -0.15) is 8.42 Å². The zero-order valence-electron chi connectivity index (χ0n) is 8.23. The Morgan fingerprint density at radius 1 is 1.47 bits per heavy atom. The van der Waals surface area contributed by atoms with Crippen LogP contribution >= 0.6 is 11.6 Å². The number of nitrogens with zero attached hydrogens (tertiary/aromatic N) is 1. The highest BCUT2D eigenvalue weighted by molar-refractivity contribution is 7.85. The van der Waals surface area contributed by atoms with Crippen molar-refractivity contribution in [1.82, 2.24) is 4.98 Å². The molecule has 0 aliphatic carbocycles. The van der Waals surface area contributed by atoms with Gasteiger partial charge in [-0.3, -0.25) is 4.18 Å². The fourth-order valence-corrected chi connectivity index (χ4v) is 1.90. The molecule has 0 spiro atoms. The number of hydrogen-bond donors (Lipinski definition) is 0. The molecule has 0 fully saturated rings.